The van der Waals surface area contributed by atoms with Crippen molar-refractivity contribution in [2.24, 2.45) is 0 Å². The fraction of sp³-hybridized carbons (Fsp3) is 0.519. The number of piperazine rings is 1. The minimum absolute atomic E-state index is 0.00991. The first-order valence-electron chi connectivity index (χ1n) is 12.8. The molecule has 0 aromatic carbocycles. The standard InChI is InChI=1S/C27H34ClFN6O3S/c1-14(2)20-21(19(39-8)11-15(3)30-20)35-24-17(12-18(29)22(28)31-24)23(32-25(35)36)34-10-9-33(13-16(34)4)26(37)38-27(5,6)7/h11-12,14,16H,9-10,13H2,1-8H3/t16-/m0/s1. The lowest BCUT2D eigenvalue weighted by molar-refractivity contribution is 0.0218. The highest BCUT2D eigenvalue weighted by atomic mass is 35.5. The normalized spacial score (nSPS) is 16.3. The highest BCUT2D eigenvalue weighted by molar-refractivity contribution is 7.98. The predicted molar refractivity (Wildman–Crippen MR) is 153 cm³/mol. The van der Waals surface area contributed by atoms with Crippen LogP contribution in [0.3, 0.4) is 0 Å². The molecule has 210 valence electrons. The summed E-state index contributed by atoms with van der Waals surface area (Å²) in [5, 5.41) is 0.00358. The van der Waals surface area contributed by atoms with Crippen LogP contribution in [0.1, 0.15) is 58.8 Å². The number of fused-ring (bicyclic) bond motifs is 1. The zero-order valence-electron chi connectivity index (χ0n) is 23.5. The SMILES string of the molecule is CSc1cc(C)nc(C(C)C)c1-n1c(=O)nc(N2CCN(C(=O)OC(C)(C)C)C[C@@H]2C)c2cc(F)c(Cl)nc21. The van der Waals surface area contributed by atoms with E-state index < -0.39 is 23.2 Å². The maximum atomic E-state index is 14.8. The third kappa shape index (κ3) is 5.84. The smallest absolute Gasteiger partial charge is 0.410 e. The van der Waals surface area contributed by atoms with Gasteiger partial charge in [-0.25, -0.2) is 23.5 Å². The first-order chi connectivity index (χ1) is 18.2. The lowest BCUT2D eigenvalue weighted by atomic mass is 10.1. The average molecular weight is 577 g/mol. The molecule has 3 aromatic rings. The van der Waals surface area contributed by atoms with Gasteiger partial charge in [0.2, 0.25) is 0 Å². The van der Waals surface area contributed by atoms with Crippen molar-refractivity contribution >= 4 is 46.3 Å². The van der Waals surface area contributed by atoms with Crippen molar-refractivity contribution in [3.05, 3.63) is 45.0 Å². The zero-order valence-corrected chi connectivity index (χ0v) is 25.1. The molecule has 0 radical (unpaired) electrons. The van der Waals surface area contributed by atoms with E-state index in [1.165, 1.54) is 22.4 Å². The van der Waals surface area contributed by atoms with E-state index in [0.29, 0.717) is 42.2 Å². The van der Waals surface area contributed by atoms with Crippen molar-refractivity contribution in [2.45, 2.75) is 70.9 Å². The summed E-state index contributed by atoms with van der Waals surface area (Å²) in [4.78, 5) is 44.3. The molecule has 1 fully saturated rings. The van der Waals surface area contributed by atoms with Gasteiger partial charge in [0.05, 0.1) is 16.8 Å². The first kappa shape index (κ1) is 29.1. The van der Waals surface area contributed by atoms with Crippen LogP contribution < -0.4 is 10.6 Å². The number of pyridine rings is 2. The maximum absolute atomic E-state index is 14.8. The molecule has 1 aliphatic rings. The number of nitrogens with zero attached hydrogens (tertiary/aromatic N) is 6. The fourth-order valence-electron chi connectivity index (χ4n) is 4.71. The summed E-state index contributed by atoms with van der Waals surface area (Å²) in [7, 11) is 0. The van der Waals surface area contributed by atoms with Gasteiger partial charge in [-0.05, 0) is 58.9 Å². The Bertz CT molecular complexity index is 1490. The molecule has 1 saturated heterocycles. The zero-order chi connectivity index (χ0) is 28.8. The van der Waals surface area contributed by atoms with Gasteiger partial charge in [-0.3, -0.25) is 4.98 Å². The number of rotatable bonds is 4. The molecule has 1 atom stereocenters. The number of aryl methyl sites for hydroxylation is 1. The Balaban J connectivity index is 1.88. The van der Waals surface area contributed by atoms with Crippen LogP contribution in [0.25, 0.3) is 16.7 Å². The molecule has 0 aliphatic carbocycles. The van der Waals surface area contributed by atoms with Gasteiger partial charge in [-0.2, -0.15) is 4.98 Å². The number of aromatic nitrogens is 4. The molecule has 0 unspecified atom stereocenters. The summed E-state index contributed by atoms with van der Waals surface area (Å²) in [6, 6.07) is 2.94. The van der Waals surface area contributed by atoms with Crippen molar-refractivity contribution in [1.29, 1.82) is 0 Å². The van der Waals surface area contributed by atoms with Gasteiger partial charge in [-0.1, -0.05) is 25.4 Å². The van der Waals surface area contributed by atoms with Crippen molar-refractivity contribution in [1.82, 2.24) is 24.4 Å². The van der Waals surface area contributed by atoms with E-state index in [2.05, 4.69) is 9.97 Å². The number of halogens is 2. The van der Waals surface area contributed by atoms with E-state index in [4.69, 9.17) is 21.3 Å². The van der Waals surface area contributed by atoms with Gasteiger partial charge in [-0.15, -0.1) is 11.8 Å². The van der Waals surface area contributed by atoms with Crippen LogP contribution in [0.15, 0.2) is 21.8 Å². The molecule has 12 heteroatoms. The first-order valence-corrected chi connectivity index (χ1v) is 14.4. The average Bonchev–Trinajstić information content (AvgIpc) is 2.83. The topological polar surface area (TPSA) is 93.5 Å². The maximum Gasteiger partial charge on any atom is 0.410 e. The van der Waals surface area contributed by atoms with E-state index in [9.17, 15) is 14.0 Å². The molecule has 0 N–H and O–H groups in total. The summed E-state index contributed by atoms with van der Waals surface area (Å²) in [5.74, 6) is -0.430. The third-order valence-corrected chi connectivity index (χ3v) is 7.43. The number of carbonyl (C=O) groups excluding carboxylic acids is 1. The molecule has 1 amide bonds. The second-order valence-corrected chi connectivity index (χ2v) is 12.2. The Kier molecular flexibility index (Phi) is 8.14. The van der Waals surface area contributed by atoms with E-state index in [1.54, 1.807) is 4.90 Å². The molecule has 39 heavy (non-hydrogen) atoms. The summed E-state index contributed by atoms with van der Waals surface area (Å²) < 4.78 is 21.8. The van der Waals surface area contributed by atoms with E-state index in [0.717, 1.165) is 10.6 Å². The number of anilines is 1. The number of thioether (sulfide) groups is 1. The molecular formula is C27H34ClFN6O3S. The van der Waals surface area contributed by atoms with Crippen LogP contribution in [0.4, 0.5) is 15.0 Å². The quantitative estimate of drug-likeness (QED) is 0.294. The Morgan fingerprint density at radius 2 is 1.90 bits per heavy atom. The monoisotopic (exact) mass is 576 g/mol. The Morgan fingerprint density at radius 3 is 2.49 bits per heavy atom. The highest BCUT2D eigenvalue weighted by Crippen LogP contribution is 2.35. The number of hydrogen-bond acceptors (Lipinski definition) is 8. The molecule has 1 aliphatic heterocycles. The number of hydrogen-bond donors (Lipinski definition) is 0. The van der Waals surface area contributed by atoms with Crippen LogP contribution in [0, 0.1) is 12.7 Å². The summed E-state index contributed by atoms with van der Waals surface area (Å²) >= 11 is 7.64. The fourth-order valence-corrected chi connectivity index (χ4v) is 5.52. The van der Waals surface area contributed by atoms with Crippen LogP contribution in [0.2, 0.25) is 5.15 Å². The minimum atomic E-state index is -0.714. The van der Waals surface area contributed by atoms with E-state index in [-0.39, 0.29) is 22.8 Å². The molecule has 9 nitrogen and oxygen atoms in total. The second kappa shape index (κ2) is 10.9. The third-order valence-electron chi connectivity index (χ3n) is 6.41. The van der Waals surface area contributed by atoms with Gasteiger partial charge >= 0.3 is 11.8 Å². The molecule has 0 bridgehead atoms. The second-order valence-electron chi connectivity index (χ2n) is 11.0. The van der Waals surface area contributed by atoms with Crippen molar-refractivity contribution in [3.8, 4) is 5.69 Å². The number of carbonyl (C=O) groups is 1. The number of ether oxygens (including phenoxy) is 1. The van der Waals surface area contributed by atoms with Gasteiger partial charge in [0.1, 0.15) is 11.4 Å². The van der Waals surface area contributed by atoms with Gasteiger partial charge in [0.25, 0.3) is 0 Å². The van der Waals surface area contributed by atoms with Crippen molar-refractivity contribution in [2.75, 3.05) is 30.8 Å². The van der Waals surface area contributed by atoms with Crippen LogP contribution in [-0.2, 0) is 4.74 Å². The van der Waals surface area contributed by atoms with Crippen molar-refractivity contribution < 1.29 is 13.9 Å². The van der Waals surface area contributed by atoms with Crippen molar-refractivity contribution in [3.63, 3.8) is 0 Å². The summed E-state index contributed by atoms with van der Waals surface area (Å²) in [6.07, 6.45) is 1.52. The summed E-state index contributed by atoms with van der Waals surface area (Å²) in [5.41, 5.74) is 1.10. The Labute approximate surface area is 236 Å². The Hall–Kier alpha value is -2.92. The lowest BCUT2D eigenvalue weighted by Gasteiger charge is -2.41. The Morgan fingerprint density at radius 1 is 1.21 bits per heavy atom. The molecule has 4 rings (SSSR count). The lowest BCUT2D eigenvalue weighted by Crippen LogP contribution is -2.55. The van der Waals surface area contributed by atoms with Crippen LogP contribution in [0.5, 0.6) is 0 Å². The van der Waals surface area contributed by atoms with Crippen LogP contribution >= 0.6 is 23.4 Å². The van der Waals surface area contributed by atoms with E-state index >= 15 is 0 Å². The molecule has 0 spiro atoms. The minimum Gasteiger partial charge on any atom is -0.444 e. The summed E-state index contributed by atoms with van der Waals surface area (Å²) in [6.45, 7) is 14.3. The molecule has 3 aromatic heterocycles. The van der Waals surface area contributed by atoms with Gasteiger partial charge in [0.15, 0.2) is 16.6 Å². The van der Waals surface area contributed by atoms with E-state index in [1.807, 2.05) is 65.7 Å². The van der Waals surface area contributed by atoms with Gasteiger partial charge in [0, 0.05) is 36.3 Å². The van der Waals surface area contributed by atoms with Crippen LogP contribution in [-0.4, -0.2) is 68.0 Å². The predicted octanol–water partition coefficient (Wildman–Crippen LogP) is 5.57. The van der Waals surface area contributed by atoms with Gasteiger partial charge < -0.3 is 14.5 Å². The largest absolute Gasteiger partial charge is 0.444 e. The highest BCUT2D eigenvalue weighted by Gasteiger charge is 2.33. The molecule has 4 heterocycles. The molecular weight excluding hydrogens is 543 g/mol. The molecule has 0 saturated carbocycles. The number of amides is 1.